The first kappa shape index (κ1) is 27.4. The molecule has 10 nitrogen and oxygen atoms in total. The standard InChI is InChI=1S/C27H32BrNO9S/c1-15-6-8-17(9-7-15)39(30,31)29(12-16-10-19-20(11-18(16)28)33-14-32-19)22-23(21-13-34-26(2,3)36-21)35-25-24(22)37-27(4,5)38-25/h6-11,21-25H,12-14H2,1-5H3/t21-,22+,23-,24-,25-/m1/s1. The quantitative estimate of drug-likeness (QED) is 0.470. The summed E-state index contributed by atoms with van der Waals surface area (Å²) in [7, 11) is -4.07. The van der Waals surface area contributed by atoms with Crippen LogP contribution in [0.5, 0.6) is 11.5 Å². The first-order chi connectivity index (χ1) is 18.3. The number of nitrogens with zero attached hydrogens (tertiary/aromatic N) is 1. The molecule has 12 heteroatoms. The number of hydrogen-bond donors (Lipinski definition) is 0. The topological polar surface area (TPSA) is 102 Å². The molecule has 0 aromatic heterocycles. The lowest BCUT2D eigenvalue weighted by Gasteiger charge is -2.36. The van der Waals surface area contributed by atoms with E-state index in [1.165, 1.54) is 4.31 Å². The second-order valence-corrected chi connectivity index (χ2v) is 13.8. The van der Waals surface area contributed by atoms with Gasteiger partial charge in [-0.2, -0.15) is 4.31 Å². The first-order valence-corrected chi connectivity index (χ1v) is 15.1. The van der Waals surface area contributed by atoms with Crippen molar-refractivity contribution in [1.82, 2.24) is 4.31 Å². The van der Waals surface area contributed by atoms with Gasteiger partial charge in [0.1, 0.15) is 18.3 Å². The van der Waals surface area contributed by atoms with Gasteiger partial charge in [0.25, 0.3) is 0 Å². The van der Waals surface area contributed by atoms with E-state index in [2.05, 4.69) is 15.9 Å². The zero-order valence-electron chi connectivity index (χ0n) is 22.4. The average molecular weight is 627 g/mol. The van der Waals surface area contributed by atoms with Gasteiger partial charge in [0, 0.05) is 11.0 Å². The van der Waals surface area contributed by atoms with Crippen molar-refractivity contribution in [1.29, 1.82) is 0 Å². The van der Waals surface area contributed by atoms with Crippen LogP contribution in [-0.4, -0.2) is 68.3 Å². The Morgan fingerprint density at radius 1 is 0.949 bits per heavy atom. The Hall–Kier alpha value is -1.77. The van der Waals surface area contributed by atoms with Gasteiger partial charge >= 0.3 is 0 Å². The van der Waals surface area contributed by atoms with Gasteiger partial charge in [0.2, 0.25) is 16.8 Å². The molecular weight excluding hydrogens is 594 g/mol. The summed E-state index contributed by atoms with van der Waals surface area (Å²) in [5, 5.41) is 0. The van der Waals surface area contributed by atoms with E-state index in [9.17, 15) is 8.42 Å². The van der Waals surface area contributed by atoms with E-state index in [1.54, 1.807) is 50.2 Å². The van der Waals surface area contributed by atoms with Crippen LogP contribution in [0.1, 0.15) is 38.8 Å². The molecule has 212 valence electrons. The molecule has 0 radical (unpaired) electrons. The van der Waals surface area contributed by atoms with Crippen molar-refractivity contribution in [2.24, 2.45) is 0 Å². The van der Waals surface area contributed by atoms with Crippen LogP contribution >= 0.6 is 15.9 Å². The number of fused-ring (bicyclic) bond motifs is 2. The number of aryl methyl sites for hydroxylation is 1. The van der Waals surface area contributed by atoms with Crippen LogP contribution < -0.4 is 9.47 Å². The lowest BCUT2D eigenvalue weighted by Crippen LogP contribution is -2.54. The maximum atomic E-state index is 14.4. The molecular formula is C27H32BrNO9S. The molecule has 39 heavy (non-hydrogen) atoms. The van der Waals surface area contributed by atoms with Gasteiger partial charge < -0.3 is 33.2 Å². The number of benzene rings is 2. The predicted octanol–water partition coefficient (Wildman–Crippen LogP) is 4.07. The smallest absolute Gasteiger partial charge is 0.243 e. The van der Waals surface area contributed by atoms with Crippen LogP contribution in [0.2, 0.25) is 0 Å². The molecule has 4 heterocycles. The van der Waals surface area contributed by atoms with E-state index in [0.29, 0.717) is 21.5 Å². The Bertz CT molecular complexity index is 1360. The third-order valence-corrected chi connectivity index (χ3v) is 9.87. The molecule has 0 saturated carbocycles. The molecule has 2 aromatic carbocycles. The summed E-state index contributed by atoms with van der Waals surface area (Å²) in [6.07, 6.45) is -2.74. The zero-order chi connectivity index (χ0) is 27.7. The van der Waals surface area contributed by atoms with Gasteiger partial charge in [-0.25, -0.2) is 8.42 Å². The molecule has 6 rings (SSSR count). The van der Waals surface area contributed by atoms with Gasteiger partial charge in [-0.15, -0.1) is 0 Å². The minimum atomic E-state index is -4.07. The van der Waals surface area contributed by atoms with Crippen molar-refractivity contribution in [3.63, 3.8) is 0 Å². The lowest BCUT2D eigenvalue weighted by molar-refractivity contribution is -0.226. The van der Waals surface area contributed by atoms with E-state index in [-0.39, 0.29) is 24.8 Å². The Kier molecular flexibility index (Phi) is 6.79. The minimum absolute atomic E-state index is 0.00192. The van der Waals surface area contributed by atoms with Crippen molar-refractivity contribution in [3.8, 4) is 11.5 Å². The highest BCUT2D eigenvalue weighted by Gasteiger charge is 2.61. The first-order valence-electron chi connectivity index (χ1n) is 12.8. The van der Waals surface area contributed by atoms with E-state index in [4.69, 9.17) is 33.2 Å². The average Bonchev–Trinajstić information content (AvgIpc) is 3.59. The summed E-state index contributed by atoms with van der Waals surface area (Å²) in [6, 6.07) is 9.58. The summed E-state index contributed by atoms with van der Waals surface area (Å²) < 4.78 is 72.8. The highest BCUT2D eigenvalue weighted by Crippen LogP contribution is 2.45. The van der Waals surface area contributed by atoms with Crippen LogP contribution in [0, 0.1) is 6.92 Å². The zero-order valence-corrected chi connectivity index (χ0v) is 24.8. The molecule has 4 aliphatic rings. The van der Waals surface area contributed by atoms with E-state index in [0.717, 1.165) is 5.56 Å². The molecule has 0 spiro atoms. The summed E-state index contributed by atoms with van der Waals surface area (Å²) in [6.45, 7) is 9.46. The van der Waals surface area contributed by atoms with Gasteiger partial charge in [0.15, 0.2) is 29.4 Å². The second-order valence-electron chi connectivity index (χ2n) is 11.1. The number of rotatable bonds is 6. The third-order valence-electron chi connectivity index (χ3n) is 7.28. The molecule has 0 amide bonds. The Labute approximate surface area is 236 Å². The van der Waals surface area contributed by atoms with E-state index >= 15 is 0 Å². The molecule has 3 saturated heterocycles. The fourth-order valence-corrected chi connectivity index (χ4v) is 7.54. The molecule has 5 atom stereocenters. The third kappa shape index (κ3) is 5.10. The number of hydrogen-bond acceptors (Lipinski definition) is 9. The van der Waals surface area contributed by atoms with E-state index < -0.39 is 52.2 Å². The number of halogens is 1. The summed E-state index contributed by atoms with van der Waals surface area (Å²) in [4.78, 5) is 0.161. The Morgan fingerprint density at radius 3 is 2.31 bits per heavy atom. The van der Waals surface area contributed by atoms with Crippen LogP contribution in [0.4, 0.5) is 0 Å². The van der Waals surface area contributed by atoms with Crippen molar-refractivity contribution in [2.45, 2.75) is 88.3 Å². The molecule has 4 aliphatic heterocycles. The van der Waals surface area contributed by atoms with Crippen LogP contribution in [0.3, 0.4) is 0 Å². The molecule has 0 unspecified atom stereocenters. The number of sulfonamides is 1. The molecule has 0 bridgehead atoms. The lowest BCUT2D eigenvalue weighted by atomic mass is 10.0. The van der Waals surface area contributed by atoms with Gasteiger partial charge in [0.05, 0.1) is 17.5 Å². The SMILES string of the molecule is Cc1ccc(S(=O)(=O)N(Cc2cc3c(cc2Br)OCO3)[C@@H]2[C@H]3OC(C)(C)O[C@H]3O[C@@H]2[C@H]2COC(C)(C)O2)cc1. The van der Waals surface area contributed by atoms with Gasteiger partial charge in [-0.3, -0.25) is 0 Å². The Morgan fingerprint density at radius 2 is 1.64 bits per heavy atom. The molecule has 2 aromatic rings. The molecule has 0 aliphatic carbocycles. The van der Waals surface area contributed by atoms with Crippen LogP contribution in [0.25, 0.3) is 0 Å². The summed E-state index contributed by atoms with van der Waals surface area (Å²) in [5.74, 6) is -0.649. The monoisotopic (exact) mass is 625 g/mol. The molecule has 3 fully saturated rings. The Balaban J connectivity index is 1.46. The van der Waals surface area contributed by atoms with Crippen molar-refractivity contribution >= 4 is 26.0 Å². The largest absolute Gasteiger partial charge is 0.454 e. The van der Waals surface area contributed by atoms with Crippen molar-refractivity contribution in [3.05, 3.63) is 52.0 Å². The maximum absolute atomic E-state index is 14.4. The molecule has 0 N–H and O–H groups in total. The van der Waals surface area contributed by atoms with E-state index in [1.807, 2.05) is 20.8 Å². The van der Waals surface area contributed by atoms with Gasteiger partial charge in [-0.05, 0) is 64.4 Å². The van der Waals surface area contributed by atoms with Crippen LogP contribution in [0.15, 0.2) is 45.8 Å². The highest BCUT2D eigenvalue weighted by molar-refractivity contribution is 9.10. The number of ether oxygens (including phenoxy) is 7. The normalized spacial score (nSPS) is 30.7. The summed E-state index contributed by atoms with van der Waals surface area (Å²) >= 11 is 3.60. The predicted molar refractivity (Wildman–Crippen MR) is 142 cm³/mol. The van der Waals surface area contributed by atoms with Gasteiger partial charge in [-0.1, -0.05) is 33.6 Å². The fourth-order valence-electron chi connectivity index (χ4n) is 5.47. The minimum Gasteiger partial charge on any atom is -0.454 e. The van der Waals surface area contributed by atoms with Crippen LogP contribution in [-0.2, 0) is 40.3 Å². The summed E-state index contributed by atoms with van der Waals surface area (Å²) in [5.41, 5.74) is 1.65. The van der Waals surface area contributed by atoms with Crippen molar-refractivity contribution < 1.29 is 41.6 Å². The van der Waals surface area contributed by atoms with Crippen molar-refractivity contribution in [2.75, 3.05) is 13.4 Å². The highest BCUT2D eigenvalue weighted by atomic mass is 79.9. The second kappa shape index (κ2) is 9.66. The fraction of sp³-hybridized carbons (Fsp3) is 0.556. The maximum Gasteiger partial charge on any atom is 0.243 e.